The lowest BCUT2D eigenvalue weighted by atomic mass is 10.0. The molecule has 166 valence electrons. The zero-order valence-corrected chi connectivity index (χ0v) is 19.6. The van der Waals surface area contributed by atoms with Crippen molar-refractivity contribution in [1.29, 1.82) is 0 Å². The van der Waals surface area contributed by atoms with Crippen molar-refractivity contribution >= 4 is 45.2 Å². The molecule has 3 N–H and O–H groups in total. The van der Waals surface area contributed by atoms with Crippen molar-refractivity contribution in [3.8, 4) is 0 Å². The molecule has 3 aromatic rings. The minimum atomic E-state index is -0.391. The van der Waals surface area contributed by atoms with E-state index in [1.54, 1.807) is 24.3 Å². The largest absolute Gasteiger partial charge is 0.348 e. The molecular weight excluding hydrogens is 494 g/mol. The molecule has 2 amide bonds. The van der Waals surface area contributed by atoms with Crippen molar-refractivity contribution in [1.82, 2.24) is 20.4 Å². The van der Waals surface area contributed by atoms with Crippen molar-refractivity contribution < 1.29 is 9.59 Å². The molecule has 1 aromatic heterocycles. The van der Waals surface area contributed by atoms with E-state index in [4.69, 9.17) is 11.6 Å². The second kappa shape index (κ2) is 10.3. The van der Waals surface area contributed by atoms with Gasteiger partial charge >= 0.3 is 0 Å². The van der Waals surface area contributed by atoms with E-state index in [0.717, 1.165) is 32.5 Å². The minimum Gasteiger partial charge on any atom is -0.348 e. The zero-order valence-electron chi connectivity index (χ0n) is 17.3. The van der Waals surface area contributed by atoms with Crippen LogP contribution in [0.3, 0.4) is 0 Å². The molecule has 0 bridgehead atoms. The van der Waals surface area contributed by atoms with Crippen molar-refractivity contribution in [3.63, 3.8) is 0 Å². The Morgan fingerprint density at radius 2 is 1.75 bits per heavy atom. The summed E-state index contributed by atoms with van der Waals surface area (Å²) in [7, 11) is 0. The van der Waals surface area contributed by atoms with Gasteiger partial charge in [0.1, 0.15) is 5.82 Å². The summed E-state index contributed by atoms with van der Waals surface area (Å²) in [4.78, 5) is 27.6. The first kappa shape index (κ1) is 22.5. The summed E-state index contributed by atoms with van der Waals surface area (Å²) in [6.07, 6.45) is 1.74. The van der Waals surface area contributed by atoms with Gasteiger partial charge in [0.25, 0.3) is 11.8 Å². The van der Waals surface area contributed by atoms with E-state index < -0.39 is 5.91 Å². The first-order chi connectivity index (χ1) is 15.5. The highest BCUT2D eigenvalue weighted by atomic mass is 79.9. The third-order valence-electron chi connectivity index (χ3n) is 5.45. The number of nitrogens with one attached hydrogen (secondary N) is 3. The van der Waals surface area contributed by atoms with E-state index in [-0.39, 0.29) is 17.6 Å². The van der Waals surface area contributed by atoms with Gasteiger partial charge in [0.2, 0.25) is 0 Å². The van der Waals surface area contributed by atoms with Crippen LogP contribution in [0.15, 0.2) is 59.1 Å². The van der Waals surface area contributed by atoms with E-state index in [1.807, 2.05) is 6.07 Å². The number of aromatic nitrogens is 2. The number of carbonyl (C=O) groups is 2. The van der Waals surface area contributed by atoms with Gasteiger partial charge < -0.3 is 10.6 Å². The molecule has 0 atom stereocenters. The average Bonchev–Trinajstić information content (AvgIpc) is 3.16. The lowest BCUT2D eigenvalue weighted by molar-refractivity contribution is 0.0902. The molecule has 1 aliphatic heterocycles. The number of H-pyrrole nitrogens is 1. The number of halogens is 2. The highest BCUT2D eigenvalue weighted by molar-refractivity contribution is 9.10. The van der Waals surface area contributed by atoms with E-state index in [0.29, 0.717) is 20.9 Å². The van der Waals surface area contributed by atoms with Gasteiger partial charge in [0.15, 0.2) is 5.69 Å². The first-order valence-corrected chi connectivity index (χ1v) is 11.5. The molecule has 32 heavy (non-hydrogen) atoms. The van der Waals surface area contributed by atoms with E-state index in [2.05, 4.69) is 65.9 Å². The fourth-order valence-corrected chi connectivity index (χ4v) is 4.40. The molecule has 1 fully saturated rings. The molecule has 7 nitrogen and oxygen atoms in total. The van der Waals surface area contributed by atoms with Crippen LogP contribution in [0.2, 0.25) is 5.02 Å². The molecule has 2 heterocycles. The zero-order chi connectivity index (χ0) is 22.5. The van der Waals surface area contributed by atoms with Crippen LogP contribution in [0.1, 0.15) is 39.3 Å². The van der Waals surface area contributed by atoms with Crippen LogP contribution in [0, 0.1) is 0 Å². The number of anilines is 1. The number of benzene rings is 2. The normalized spacial score (nSPS) is 14.8. The van der Waals surface area contributed by atoms with Gasteiger partial charge in [-0.25, -0.2) is 0 Å². The maximum atomic E-state index is 12.8. The van der Waals surface area contributed by atoms with Gasteiger partial charge in [0.05, 0.1) is 15.1 Å². The van der Waals surface area contributed by atoms with Gasteiger partial charge in [0, 0.05) is 25.7 Å². The van der Waals surface area contributed by atoms with Crippen LogP contribution in [0.4, 0.5) is 5.82 Å². The molecule has 9 heteroatoms. The van der Waals surface area contributed by atoms with Crippen molar-refractivity contribution in [2.45, 2.75) is 25.4 Å². The number of nitrogens with zero attached hydrogens (tertiary/aromatic N) is 2. The Morgan fingerprint density at radius 1 is 1.06 bits per heavy atom. The number of hydrogen-bond acceptors (Lipinski definition) is 4. The quantitative estimate of drug-likeness (QED) is 0.451. The fourth-order valence-electron chi connectivity index (χ4n) is 3.72. The third-order valence-corrected chi connectivity index (χ3v) is 6.55. The predicted molar refractivity (Wildman–Crippen MR) is 128 cm³/mol. The standard InChI is InChI=1S/C23H23BrClN5O2/c24-19-20(28-29-21(19)27-22(31)17-8-4-5-9-18(17)25)23(32)26-16-10-12-30(13-11-16)14-15-6-2-1-3-7-15/h1-9,16H,10-14H2,(H,26,32)(H2,27,28,29,31). The summed E-state index contributed by atoms with van der Waals surface area (Å²) in [5.41, 5.74) is 1.83. The van der Waals surface area contributed by atoms with Crippen molar-refractivity contribution in [3.05, 3.63) is 80.9 Å². The Hall–Kier alpha value is -2.68. The monoisotopic (exact) mass is 515 g/mol. The topological polar surface area (TPSA) is 90.1 Å². The van der Waals surface area contributed by atoms with Gasteiger partial charge in [-0.15, -0.1) is 0 Å². The second-order valence-electron chi connectivity index (χ2n) is 7.70. The Labute approximate surface area is 199 Å². The van der Waals surface area contributed by atoms with Gasteiger partial charge in [-0.1, -0.05) is 54.1 Å². The van der Waals surface area contributed by atoms with E-state index in [9.17, 15) is 9.59 Å². The summed E-state index contributed by atoms with van der Waals surface area (Å²) in [5, 5.41) is 12.9. The molecule has 1 saturated heterocycles. The smallest absolute Gasteiger partial charge is 0.273 e. The molecule has 1 aliphatic rings. The Kier molecular flexibility index (Phi) is 7.24. The van der Waals surface area contributed by atoms with Gasteiger partial charge in [-0.3, -0.25) is 19.6 Å². The van der Waals surface area contributed by atoms with Gasteiger partial charge in [-0.05, 0) is 46.5 Å². The molecule has 0 unspecified atom stereocenters. The molecule has 4 rings (SSSR count). The van der Waals surface area contributed by atoms with Gasteiger partial charge in [-0.2, -0.15) is 5.10 Å². The summed E-state index contributed by atoms with van der Waals surface area (Å²) < 4.78 is 0.400. The molecule has 0 saturated carbocycles. The summed E-state index contributed by atoms with van der Waals surface area (Å²) in [5.74, 6) is -0.372. The van der Waals surface area contributed by atoms with Crippen molar-refractivity contribution in [2.24, 2.45) is 0 Å². The number of hydrogen-bond donors (Lipinski definition) is 3. The minimum absolute atomic E-state index is 0.0827. The first-order valence-electron chi connectivity index (χ1n) is 10.4. The third kappa shape index (κ3) is 5.38. The number of aromatic amines is 1. The number of piperidine rings is 1. The number of carbonyl (C=O) groups excluding carboxylic acids is 2. The van der Waals surface area contributed by atoms with Crippen LogP contribution < -0.4 is 10.6 Å². The molecule has 0 spiro atoms. The fraction of sp³-hybridized carbons (Fsp3) is 0.261. The van der Waals surface area contributed by atoms with E-state index >= 15 is 0 Å². The molecule has 0 radical (unpaired) electrons. The SMILES string of the molecule is O=C(Nc1[nH]nc(C(=O)NC2CCN(Cc3ccccc3)CC2)c1Br)c1ccccc1Cl. The Bertz CT molecular complexity index is 1100. The summed E-state index contributed by atoms with van der Waals surface area (Å²) in [6.45, 7) is 2.75. The van der Waals surface area contributed by atoms with Crippen LogP contribution in [-0.4, -0.2) is 46.0 Å². The lowest BCUT2D eigenvalue weighted by Crippen LogP contribution is -2.44. The number of likely N-dealkylation sites (tertiary alicyclic amines) is 1. The number of amides is 2. The molecular formula is C23H23BrClN5O2. The van der Waals surface area contributed by atoms with Crippen LogP contribution >= 0.6 is 27.5 Å². The lowest BCUT2D eigenvalue weighted by Gasteiger charge is -2.32. The summed E-state index contributed by atoms with van der Waals surface area (Å²) >= 11 is 9.45. The van der Waals surface area contributed by atoms with Crippen molar-refractivity contribution in [2.75, 3.05) is 18.4 Å². The average molecular weight is 517 g/mol. The molecule has 2 aromatic carbocycles. The summed E-state index contributed by atoms with van der Waals surface area (Å²) in [6, 6.07) is 17.2. The maximum Gasteiger partial charge on any atom is 0.273 e. The van der Waals surface area contributed by atoms with Crippen LogP contribution in [0.5, 0.6) is 0 Å². The molecule has 0 aliphatic carbocycles. The predicted octanol–water partition coefficient (Wildman–Crippen LogP) is 4.47. The Morgan fingerprint density at radius 3 is 2.47 bits per heavy atom. The van der Waals surface area contributed by atoms with Crippen LogP contribution in [0.25, 0.3) is 0 Å². The second-order valence-corrected chi connectivity index (χ2v) is 8.90. The van der Waals surface area contributed by atoms with Crippen LogP contribution in [-0.2, 0) is 6.54 Å². The van der Waals surface area contributed by atoms with E-state index in [1.165, 1.54) is 5.56 Å². The number of rotatable bonds is 6. The highest BCUT2D eigenvalue weighted by Crippen LogP contribution is 2.26. The highest BCUT2D eigenvalue weighted by Gasteiger charge is 2.25. The maximum absolute atomic E-state index is 12.8. The Balaban J connectivity index is 1.31.